The van der Waals surface area contributed by atoms with Crippen molar-refractivity contribution in [3.63, 3.8) is 0 Å². The smallest absolute Gasteiger partial charge is 0.0935 e. The lowest BCUT2D eigenvalue weighted by molar-refractivity contribution is 0.118. The minimum Gasteiger partial charge on any atom is -0.472 e. The second-order valence-corrected chi connectivity index (χ2v) is 2.79. The van der Waals surface area contributed by atoms with Crippen LogP contribution in [0.1, 0.15) is 12.5 Å². The van der Waals surface area contributed by atoms with Crippen LogP contribution in [0.3, 0.4) is 0 Å². The molecular weight excluding hydrogens is 168 g/mol. The Balaban J connectivity index is 0.000000424. The van der Waals surface area contributed by atoms with Crippen LogP contribution in [0.4, 0.5) is 0 Å². The number of hydrogen-bond acceptors (Lipinski definition) is 3. The topological polar surface area (TPSA) is 31.6 Å². The first-order valence-corrected chi connectivity index (χ1v) is 4.18. The van der Waals surface area contributed by atoms with Crippen molar-refractivity contribution < 1.29 is 13.9 Å². The number of methoxy groups -OCH3 is 2. The molecule has 1 atom stereocenters. The fourth-order valence-corrected chi connectivity index (χ4v) is 0.824. The molecule has 0 fully saturated rings. The van der Waals surface area contributed by atoms with E-state index in [1.807, 2.05) is 13.0 Å². The van der Waals surface area contributed by atoms with Crippen LogP contribution in [-0.2, 0) is 15.9 Å². The van der Waals surface area contributed by atoms with Gasteiger partial charge in [-0.15, -0.1) is 0 Å². The summed E-state index contributed by atoms with van der Waals surface area (Å²) >= 11 is 0. The first-order valence-electron chi connectivity index (χ1n) is 4.18. The minimum atomic E-state index is 0.276. The predicted octanol–water partition coefficient (Wildman–Crippen LogP) is 2.12. The standard InChI is InChI=1S/C8H12O2.C2H6O/c1-7(9-2)5-8-3-4-10-6-8;1-3-2/h3-4,6-7H,5H2,1-2H3;1-2H3. The van der Waals surface area contributed by atoms with Crippen molar-refractivity contribution in [1.29, 1.82) is 0 Å². The highest BCUT2D eigenvalue weighted by molar-refractivity contribution is 5.06. The van der Waals surface area contributed by atoms with E-state index in [2.05, 4.69) is 4.74 Å². The highest BCUT2D eigenvalue weighted by Crippen LogP contribution is 2.04. The molecule has 0 bridgehead atoms. The molecule has 0 aliphatic heterocycles. The van der Waals surface area contributed by atoms with Gasteiger partial charge in [-0.25, -0.2) is 0 Å². The number of hydrogen-bond donors (Lipinski definition) is 0. The highest BCUT2D eigenvalue weighted by atomic mass is 16.5. The molecule has 3 nitrogen and oxygen atoms in total. The molecule has 1 rings (SSSR count). The molecule has 0 spiro atoms. The average molecular weight is 186 g/mol. The summed E-state index contributed by atoms with van der Waals surface area (Å²) in [4.78, 5) is 0. The van der Waals surface area contributed by atoms with Crippen LogP contribution in [0.2, 0.25) is 0 Å². The van der Waals surface area contributed by atoms with Crippen molar-refractivity contribution in [1.82, 2.24) is 0 Å². The lowest BCUT2D eigenvalue weighted by Crippen LogP contribution is -2.07. The molecule has 1 aromatic heterocycles. The van der Waals surface area contributed by atoms with Gasteiger partial charge in [0.1, 0.15) is 0 Å². The molecule has 1 heterocycles. The second kappa shape index (κ2) is 7.83. The van der Waals surface area contributed by atoms with Crippen molar-refractivity contribution in [2.75, 3.05) is 21.3 Å². The molecule has 0 aliphatic carbocycles. The lowest BCUT2D eigenvalue weighted by atomic mass is 10.2. The van der Waals surface area contributed by atoms with Gasteiger partial charge in [0.15, 0.2) is 0 Å². The van der Waals surface area contributed by atoms with E-state index >= 15 is 0 Å². The van der Waals surface area contributed by atoms with Crippen molar-refractivity contribution in [2.24, 2.45) is 0 Å². The molecule has 0 N–H and O–H groups in total. The van der Waals surface area contributed by atoms with Gasteiger partial charge in [-0.2, -0.15) is 0 Å². The number of ether oxygens (including phenoxy) is 2. The Bertz CT molecular complexity index is 182. The van der Waals surface area contributed by atoms with Gasteiger partial charge in [0.05, 0.1) is 18.6 Å². The quantitative estimate of drug-likeness (QED) is 0.724. The van der Waals surface area contributed by atoms with Crippen molar-refractivity contribution in [3.8, 4) is 0 Å². The summed E-state index contributed by atoms with van der Waals surface area (Å²) in [5, 5.41) is 0. The Morgan fingerprint density at radius 3 is 2.38 bits per heavy atom. The molecule has 0 amide bonds. The fourth-order valence-electron chi connectivity index (χ4n) is 0.824. The van der Waals surface area contributed by atoms with E-state index in [1.165, 1.54) is 5.56 Å². The number of furan rings is 1. The SMILES string of the molecule is COC.COC(C)Cc1ccoc1. The Labute approximate surface area is 79.6 Å². The van der Waals surface area contributed by atoms with Gasteiger partial charge in [0, 0.05) is 27.8 Å². The fraction of sp³-hybridized carbons (Fsp3) is 0.600. The summed E-state index contributed by atoms with van der Waals surface area (Å²) < 4.78 is 14.2. The van der Waals surface area contributed by atoms with E-state index in [1.54, 1.807) is 33.9 Å². The molecular formula is C10H18O3. The van der Waals surface area contributed by atoms with E-state index < -0.39 is 0 Å². The van der Waals surface area contributed by atoms with Crippen LogP contribution in [0, 0.1) is 0 Å². The zero-order valence-electron chi connectivity index (χ0n) is 8.74. The van der Waals surface area contributed by atoms with E-state index in [-0.39, 0.29) is 6.10 Å². The van der Waals surface area contributed by atoms with E-state index in [0.717, 1.165) is 6.42 Å². The summed E-state index contributed by atoms with van der Waals surface area (Å²) in [7, 11) is 4.96. The molecule has 0 aromatic carbocycles. The molecule has 76 valence electrons. The maximum Gasteiger partial charge on any atom is 0.0935 e. The molecule has 0 radical (unpaired) electrons. The average Bonchev–Trinajstić information content (AvgIpc) is 2.58. The Hall–Kier alpha value is -0.800. The zero-order valence-corrected chi connectivity index (χ0v) is 8.74. The van der Waals surface area contributed by atoms with Crippen LogP contribution in [0.25, 0.3) is 0 Å². The third kappa shape index (κ3) is 6.37. The van der Waals surface area contributed by atoms with E-state index in [4.69, 9.17) is 9.15 Å². The first-order chi connectivity index (χ1) is 6.24. The van der Waals surface area contributed by atoms with Gasteiger partial charge < -0.3 is 13.9 Å². The van der Waals surface area contributed by atoms with Gasteiger partial charge in [0.2, 0.25) is 0 Å². The lowest BCUT2D eigenvalue weighted by Gasteiger charge is -2.05. The number of rotatable bonds is 3. The van der Waals surface area contributed by atoms with Crippen LogP contribution >= 0.6 is 0 Å². The largest absolute Gasteiger partial charge is 0.472 e. The summed E-state index contributed by atoms with van der Waals surface area (Å²) in [6.07, 6.45) is 4.62. The summed E-state index contributed by atoms with van der Waals surface area (Å²) in [5.41, 5.74) is 1.19. The normalized spacial score (nSPS) is 11.7. The van der Waals surface area contributed by atoms with Crippen LogP contribution < -0.4 is 0 Å². The van der Waals surface area contributed by atoms with Gasteiger partial charge in [-0.05, 0) is 18.6 Å². The maximum absolute atomic E-state index is 5.08. The molecule has 0 saturated carbocycles. The first kappa shape index (κ1) is 12.2. The molecule has 13 heavy (non-hydrogen) atoms. The zero-order chi connectivity index (χ0) is 10.1. The summed E-state index contributed by atoms with van der Waals surface area (Å²) in [5.74, 6) is 0. The Kier molecular flexibility index (Phi) is 7.35. The molecule has 1 unspecified atom stereocenters. The van der Waals surface area contributed by atoms with Crippen LogP contribution in [0.15, 0.2) is 23.0 Å². The third-order valence-corrected chi connectivity index (χ3v) is 1.51. The summed E-state index contributed by atoms with van der Waals surface area (Å²) in [6, 6.07) is 1.95. The summed E-state index contributed by atoms with van der Waals surface area (Å²) in [6.45, 7) is 2.03. The van der Waals surface area contributed by atoms with Gasteiger partial charge in [0.25, 0.3) is 0 Å². The molecule has 0 aliphatic rings. The highest BCUT2D eigenvalue weighted by Gasteiger charge is 2.01. The molecule has 1 aromatic rings. The van der Waals surface area contributed by atoms with Crippen molar-refractivity contribution in [3.05, 3.63) is 24.2 Å². The Morgan fingerprint density at radius 1 is 1.38 bits per heavy atom. The van der Waals surface area contributed by atoms with E-state index in [0.29, 0.717) is 0 Å². The third-order valence-electron chi connectivity index (χ3n) is 1.51. The van der Waals surface area contributed by atoms with Crippen molar-refractivity contribution in [2.45, 2.75) is 19.4 Å². The Morgan fingerprint density at radius 2 is 2.00 bits per heavy atom. The van der Waals surface area contributed by atoms with E-state index in [9.17, 15) is 0 Å². The van der Waals surface area contributed by atoms with Gasteiger partial charge in [-0.3, -0.25) is 0 Å². The monoisotopic (exact) mass is 186 g/mol. The predicted molar refractivity (Wildman–Crippen MR) is 51.8 cm³/mol. The van der Waals surface area contributed by atoms with Crippen molar-refractivity contribution >= 4 is 0 Å². The second-order valence-electron chi connectivity index (χ2n) is 2.79. The minimum absolute atomic E-state index is 0.276. The maximum atomic E-state index is 5.08. The van der Waals surface area contributed by atoms with Crippen LogP contribution in [0.5, 0.6) is 0 Å². The van der Waals surface area contributed by atoms with Crippen LogP contribution in [-0.4, -0.2) is 27.4 Å². The van der Waals surface area contributed by atoms with Gasteiger partial charge in [-0.1, -0.05) is 0 Å². The van der Waals surface area contributed by atoms with Gasteiger partial charge >= 0.3 is 0 Å². The molecule has 3 heteroatoms. The molecule has 0 saturated heterocycles.